The summed E-state index contributed by atoms with van der Waals surface area (Å²) in [4.78, 5) is 35.4. The maximum Gasteiger partial charge on any atom is 0.227 e. The molecular weight excluding hydrogens is 356 g/mol. The summed E-state index contributed by atoms with van der Waals surface area (Å²) in [6, 6.07) is 1.96. The van der Waals surface area contributed by atoms with Gasteiger partial charge in [-0.2, -0.15) is 0 Å². The lowest BCUT2D eigenvalue weighted by atomic mass is 9.95. The van der Waals surface area contributed by atoms with Crippen LogP contribution in [0.2, 0.25) is 0 Å². The number of hydrogen-bond donors (Lipinski definition) is 0. The molecule has 0 spiro atoms. The molecule has 0 saturated carbocycles. The van der Waals surface area contributed by atoms with Crippen molar-refractivity contribution in [3.05, 3.63) is 29.6 Å². The van der Waals surface area contributed by atoms with Crippen LogP contribution in [0.25, 0.3) is 0 Å². The molecule has 3 heterocycles. The Morgan fingerprint density at radius 2 is 2.11 bits per heavy atom. The van der Waals surface area contributed by atoms with Crippen LogP contribution in [0, 0.1) is 12.8 Å². The molecule has 0 bridgehead atoms. The zero-order chi connectivity index (χ0) is 19.9. The van der Waals surface area contributed by atoms with Gasteiger partial charge in [0, 0.05) is 65.1 Å². The number of piperidine rings is 1. The van der Waals surface area contributed by atoms with Gasteiger partial charge in [0.25, 0.3) is 0 Å². The van der Waals surface area contributed by atoms with Crippen molar-refractivity contribution in [2.75, 3.05) is 53.0 Å². The Labute approximate surface area is 167 Å². The third-order valence-corrected chi connectivity index (χ3v) is 5.78. The second kappa shape index (κ2) is 9.98. The fourth-order valence-electron chi connectivity index (χ4n) is 3.97. The molecule has 1 aromatic rings. The molecule has 3 rings (SSSR count). The van der Waals surface area contributed by atoms with Gasteiger partial charge in [-0.15, -0.1) is 0 Å². The Morgan fingerprint density at radius 3 is 2.86 bits per heavy atom. The molecule has 1 aromatic heterocycles. The Bertz CT molecular complexity index is 675. The largest absolute Gasteiger partial charge is 0.379 e. The molecule has 154 valence electrons. The number of ether oxygens (including phenoxy) is 1. The van der Waals surface area contributed by atoms with E-state index in [1.165, 1.54) is 0 Å². The van der Waals surface area contributed by atoms with Gasteiger partial charge in [0.2, 0.25) is 11.8 Å². The van der Waals surface area contributed by atoms with Gasteiger partial charge in [0.05, 0.1) is 19.1 Å². The van der Waals surface area contributed by atoms with Crippen LogP contribution in [0.3, 0.4) is 0 Å². The number of hydrogen-bond acceptors (Lipinski definition) is 5. The van der Waals surface area contributed by atoms with Gasteiger partial charge in [-0.05, 0) is 37.0 Å². The van der Waals surface area contributed by atoms with Crippen molar-refractivity contribution in [2.45, 2.75) is 32.7 Å². The minimum Gasteiger partial charge on any atom is -0.379 e. The number of aromatic nitrogens is 1. The number of amides is 2. The number of carbonyl (C=O) groups excluding carboxylic acids is 2. The van der Waals surface area contributed by atoms with Gasteiger partial charge in [-0.1, -0.05) is 0 Å². The minimum atomic E-state index is -0.103. The van der Waals surface area contributed by atoms with Crippen LogP contribution in [-0.4, -0.2) is 84.5 Å². The molecule has 0 aliphatic carbocycles. The van der Waals surface area contributed by atoms with E-state index in [0.29, 0.717) is 25.9 Å². The fourth-order valence-corrected chi connectivity index (χ4v) is 3.97. The standard InChI is InChI=1S/C21H32N4O3/c1-17-14-22-7-6-18(17)15-23(2)21(27)19-4-5-20(26)25(16-19)9-3-8-24-10-12-28-13-11-24/h6-7,14,19H,3-5,8-13,15-16H2,1-2H3/t19-/m1/s1. The smallest absolute Gasteiger partial charge is 0.227 e. The van der Waals surface area contributed by atoms with E-state index in [1.54, 1.807) is 11.1 Å². The molecule has 0 unspecified atom stereocenters. The SMILES string of the molecule is Cc1cnccc1CN(C)C(=O)[C@@H]1CCC(=O)N(CCCN2CCOCC2)C1. The van der Waals surface area contributed by atoms with Crippen molar-refractivity contribution in [1.82, 2.24) is 19.7 Å². The first-order valence-electron chi connectivity index (χ1n) is 10.3. The molecule has 2 aliphatic rings. The summed E-state index contributed by atoms with van der Waals surface area (Å²) < 4.78 is 5.37. The molecule has 2 saturated heterocycles. The molecule has 28 heavy (non-hydrogen) atoms. The van der Waals surface area contributed by atoms with Crippen LogP contribution < -0.4 is 0 Å². The van der Waals surface area contributed by atoms with Crippen LogP contribution in [0.15, 0.2) is 18.5 Å². The molecule has 2 aliphatic heterocycles. The summed E-state index contributed by atoms with van der Waals surface area (Å²) in [7, 11) is 1.85. The summed E-state index contributed by atoms with van der Waals surface area (Å²) >= 11 is 0. The second-order valence-electron chi connectivity index (χ2n) is 7.88. The number of pyridine rings is 1. The predicted octanol–water partition coefficient (Wildman–Crippen LogP) is 1.31. The normalized spacial score (nSPS) is 21.0. The lowest BCUT2D eigenvalue weighted by Gasteiger charge is -2.34. The summed E-state index contributed by atoms with van der Waals surface area (Å²) in [5.41, 5.74) is 2.20. The molecule has 0 N–H and O–H groups in total. The Balaban J connectivity index is 1.48. The third kappa shape index (κ3) is 5.52. The number of nitrogens with zero attached hydrogens (tertiary/aromatic N) is 4. The predicted molar refractivity (Wildman–Crippen MR) is 107 cm³/mol. The Kier molecular flexibility index (Phi) is 7.39. The van der Waals surface area contributed by atoms with E-state index >= 15 is 0 Å². The quantitative estimate of drug-likeness (QED) is 0.705. The number of carbonyl (C=O) groups is 2. The molecule has 7 nitrogen and oxygen atoms in total. The van der Waals surface area contributed by atoms with Crippen molar-refractivity contribution >= 4 is 11.8 Å². The fraction of sp³-hybridized carbons (Fsp3) is 0.667. The van der Waals surface area contributed by atoms with E-state index in [9.17, 15) is 9.59 Å². The molecule has 0 aromatic carbocycles. The minimum absolute atomic E-state index is 0.103. The second-order valence-corrected chi connectivity index (χ2v) is 7.88. The lowest BCUT2D eigenvalue weighted by Crippen LogP contribution is -2.47. The van der Waals surface area contributed by atoms with Gasteiger partial charge < -0.3 is 14.5 Å². The van der Waals surface area contributed by atoms with E-state index < -0.39 is 0 Å². The van der Waals surface area contributed by atoms with Crippen LogP contribution in [0.1, 0.15) is 30.4 Å². The van der Waals surface area contributed by atoms with Gasteiger partial charge in [0.15, 0.2) is 0 Å². The van der Waals surface area contributed by atoms with Crippen molar-refractivity contribution in [3.63, 3.8) is 0 Å². The molecule has 1 atom stereocenters. The molecule has 2 amide bonds. The van der Waals surface area contributed by atoms with Crippen LogP contribution >= 0.6 is 0 Å². The summed E-state index contributed by atoms with van der Waals surface area (Å²) in [5.74, 6) is 0.203. The number of likely N-dealkylation sites (tertiary alicyclic amines) is 1. The van der Waals surface area contributed by atoms with E-state index in [-0.39, 0.29) is 17.7 Å². The monoisotopic (exact) mass is 388 g/mol. The highest BCUT2D eigenvalue weighted by atomic mass is 16.5. The maximum absolute atomic E-state index is 12.9. The van der Waals surface area contributed by atoms with Gasteiger partial charge in [0.1, 0.15) is 0 Å². The molecular formula is C21H32N4O3. The van der Waals surface area contributed by atoms with Crippen molar-refractivity contribution < 1.29 is 14.3 Å². The Hall–Kier alpha value is -1.99. The third-order valence-electron chi connectivity index (χ3n) is 5.78. The first-order valence-corrected chi connectivity index (χ1v) is 10.3. The first-order chi connectivity index (χ1) is 13.5. The average molecular weight is 389 g/mol. The molecule has 2 fully saturated rings. The Morgan fingerprint density at radius 1 is 1.32 bits per heavy atom. The van der Waals surface area contributed by atoms with E-state index in [0.717, 1.165) is 56.9 Å². The summed E-state index contributed by atoms with van der Waals surface area (Å²) in [6.45, 7) is 8.36. The van der Waals surface area contributed by atoms with Crippen molar-refractivity contribution in [3.8, 4) is 0 Å². The maximum atomic E-state index is 12.9. The highest BCUT2D eigenvalue weighted by Gasteiger charge is 2.31. The van der Waals surface area contributed by atoms with Gasteiger partial charge in [-0.25, -0.2) is 0 Å². The van der Waals surface area contributed by atoms with Crippen molar-refractivity contribution in [2.24, 2.45) is 5.92 Å². The zero-order valence-electron chi connectivity index (χ0n) is 17.1. The van der Waals surface area contributed by atoms with E-state index in [2.05, 4.69) is 9.88 Å². The van der Waals surface area contributed by atoms with Gasteiger partial charge >= 0.3 is 0 Å². The molecule has 0 radical (unpaired) electrons. The highest BCUT2D eigenvalue weighted by Crippen LogP contribution is 2.21. The van der Waals surface area contributed by atoms with Crippen LogP contribution in [0.4, 0.5) is 0 Å². The zero-order valence-corrected chi connectivity index (χ0v) is 17.1. The lowest BCUT2D eigenvalue weighted by molar-refractivity contribution is -0.142. The van der Waals surface area contributed by atoms with Gasteiger partial charge in [-0.3, -0.25) is 19.5 Å². The number of aryl methyl sites for hydroxylation is 1. The van der Waals surface area contributed by atoms with Crippen LogP contribution in [-0.2, 0) is 20.9 Å². The van der Waals surface area contributed by atoms with E-state index in [4.69, 9.17) is 4.74 Å². The number of morpholine rings is 1. The van der Waals surface area contributed by atoms with Crippen LogP contribution in [0.5, 0.6) is 0 Å². The summed E-state index contributed by atoms with van der Waals surface area (Å²) in [6.07, 6.45) is 5.64. The summed E-state index contributed by atoms with van der Waals surface area (Å²) in [5, 5.41) is 0. The number of rotatable bonds is 7. The van der Waals surface area contributed by atoms with E-state index in [1.807, 2.05) is 31.1 Å². The van der Waals surface area contributed by atoms with Crippen molar-refractivity contribution in [1.29, 1.82) is 0 Å². The highest BCUT2D eigenvalue weighted by molar-refractivity contribution is 5.83. The average Bonchev–Trinajstić information content (AvgIpc) is 2.71. The molecule has 7 heteroatoms. The first kappa shape index (κ1) is 20.7. The topological polar surface area (TPSA) is 66.0 Å².